The minimum Gasteiger partial charge on any atom is -0.387 e. The second-order valence-electron chi connectivity index (χ2n) is 2.31. The predicted molar refractivity (Wildman–Crippen MR) is 59.5 cm³/mol. The van der Waals surface area contributed by atoms with E-state index in [2.05, 4.69) is 38.4 Å². The molecule has 0 bridgehead atoms. The molecule has 1 nitrogen and oxygen atoms in total. The summed E-state index contributed by atoms with van der Waals surface area (Å²) >= 11 is 8.27. The van der Waals surface area contributed by atoms with Crippen LogP contribution in [0, 0.1) is 0 Å². The zero-order valence-electron chi connectivity index (χ0n) is 6.26. The van der Waals surface area contributed by atoms with Crippen LogP contribution < -0.4 is 0 Å². The molecule has 0 aromatic carbocycles. The van der Waals surface area contributed by atoms with Crippen molar-refractivity contribution in [1.82, 2.24) is 0 Å². The van der Waals surface area contributed by atoms with Gasteiger partial charge in [0.25, 0.3) is 0 Å². The molecule has 1 heterocycles. The summed E-state index contributed by atoms with van der Waals surface area (Å²) < 4.78 is 2.01. The minimum atomic E-state index is -0.421. The fraction of sp³-hybridized carbons (Fsp3) is 0.250. The van der Waals surface area contributed by atoms with E-state index in [1.54, 1.807) is 6.08 Å². The molecule has 0 saturated heterocycles. The zero-order chi connectivity index (χ0) is 9.14. The molecule has 1 atom stereocenters. The number of rotatable bonds is 3. The van der Waals surface area contributed by atoms with Crippen molar-refractivity contribution in [3.05, 3.63) is 31.9 Å². The highest BCUT2D eigenvalue weighted by molar-refractivity contribution is 9.13. The molecule has 0 aliphatic rings. The SMILES string of the molecule is C=CCC(O)c1cc(Br)c(Br)s1. The summed E-state index contributed by atoms with van der Waals surface area (Å²) in [4.78, 5) is 0.952. The van der Waals surface area contributed by atoms with Crippen molar-refractivity contribution in [2.24, 2.45) is 0 Å². The van der Waals surface area contributed by atoms with Gasteiger partial charge in [0.1, 0.15) is 0 Å². The van der Waals surface area contributed by atoms with Crippen LogP contribution in [0.3, 0.4) is 0 Å². The third kappa shape index (κ3) is 2.42. The van der Waals surface area contributed by atoms with Gasteiger partial charge < -0.3 is 5.11 Å². The van der Waals surface area contributed by atoms with Gasteiger partial charge >= 0.3 is 0 Å². The van der Waals surface area contributed by atoms with E-state index in [1.165, 1.54) is 11.3 Å². The Balaban J connectivity index is 2.80. The maximum atomic E-state index is 9.56. The quantitative estimate of drug-likeness (QED) is 0.840. The lowest BCUT2D eigenvalue weighted by Gasteiger charge is -2.02. The van der Waals surface area contributed by atoms with Crippen molar-refractivity contribution in [2.75, 3.05) is 0 Å². The van der Waals surface area contributed by atoms with Gasteiger partial charge in [-0.05, 0) is 44.3 Å². The van der Waals surface area contributed by atoms with Gasteiger partial charge in [0, 0.05) is 9.35 Å². The maximum Gasteiger partial charge on any atom is 0.0916 e. The molecule has 1 aromatic heterocycles. The summed E-state index contributed by atoms with van der Waals surface area (Å²) in [6.07, 6.45) is 1.89. The van der Waals surface area contributed by atoms with Gasteiger partial charge in [-0.3, -0.25) is 0 Å². The smallest absolute Gasteiger partial charge is 0.0916 e. The molecule has 0 radical (unpaired) electrons. The van der Waals surface area contributed by atoms with E-state index in [-0.39, 0.29) is 0 Å². The molecule has 1 rings (SSSR count). The second kappa shape index (κ2) is 4.56. The Kier molecular flexibility index (Phi) is 3.96. The summed E-state index contributed by atoms with van der Waals surface area (Å²) in [6, 6.07) is 1.92. The summed E-state index contributed by atoms with van der Waals surface area (Å²) in [7, 11) is 0. The Morgan fingerprint density at radius 1 is 1.67 bits per heavy atom. The number of hydrogen-bond donors (Lipinski definition) is 1. The van der Waals surface area contributed by atoms with E-state index in [0.717, 1.165) is 13.1 Å². The van der Waals surface area contributed by atoms with Crippen LogP contribution in [0.1, 0.15) is 17.4 Å². The highest BCUT2D eigenvalue weighted by Crippen LogP contribution is 2.36. The molecule has 1 aromatic rings. The van der Waals surface area contributed by atoms with Crippen LogP contribution in [0.25, 0.3) is 0 Å². The molecule has 0 spiro atoms. The molecule has 12 heavy (non-hydrogen) atoms. The maximum absolute atomic E-state index is 9.56. The van der Waals surface area contributed by atoms with E-state index in [0.29, 0.717) is 6.42 Å². The van der Waals surface area contributed by atoms with Crippen molar-refractivity contribution in [3.8, 4) is 0 Å². The molecular formula is C8H8Br2OS. The number of thiophene rings is 1. The monoisotopic (exact) mass is 310 g/mol. The second-order valence-corrected chi connectivity index (χ2v) is 5.57. The summed E-state index contributed by atoms with van der Waals surface area (Å²) in [5, 5.41) is 9.56. The summed E-state index contributed by atoms with van der Waals surface area (Å²) in [6.45, 7) is 3.58. The highest BCUT2D eigenvalue weighted by Gasteiger charge is 2.10. The standard InChI is InChI=1S/C8H8Br2OS/c1-2-3-6(11)7-4-5(9)8(10)12-7/h2,4,6,11H,1,3H2. The fourth-order valence-corrected chi connectivity index (χ4v) is 2.89. The van der Waals surface area contributed by atoms with Crippen molar-refractivity contribution in [3.63, 3.8) is 0 Å². The van der Waals surface area contributed by atoms with Crippen LogP contribution in [-0.2, 0) is 0 Å². The van der Waals surface area contributed by atoms with Crippen molar-refractivity contribution in [2.45, 2.75) is 12.5 Å². The average Bonchev–Trinajstić information content (AvgIpc) is 2.33. The molecule has 0 aliphatic carbocycles. The molecule has 1 unspecified atom stereocenters. The van der Waals surface area contributed by atoms with Gasteiger partial charge in [-0.2, -0.15) is 0 Å². The predicted octanol–water partition coefficient (Wildman–Crippen LogP) is 3.88. The van der Waals surface area contributed by atoms with Crippen LogP contribution in [0.5, 0.6) is 0 Å². The molecule has 0 amide bonds. The Hall–Kier alpha value is 0.360. The Labute approximate surface area is 92.4 Å². The Morgan fingerprint density at radius 2 is 2.33 bits per heavy atom. The molecule has 4 heteroatoms. The van der Waals surface area contributed by atoms with E-state index >= 15 is 0 Å². The lowest BCUT2D eigenvalue weighted by Crippen LogP contribution is -1.90. The normalized spacial score (nSPS) is 12.9. The number of aliphatic hydroxyl groups excluding tert-OH is 1. The van der Waals surface area contributed by atoms with Gasteiger partial charge in [0.05, 0.1) is 9.89 Å². The Morgan fingerprint density at radius 3 is 2.75 bits per heavy atom. The number of hydrogen-bond acceptors (Lipinski definition) is 2. The van der Waals surface area contributed by atoms with Crippen LogP contribution in [0.4, 0.5) is 0 Å². The largest absolute Gasteiger partial charge is 0.387 e. The van der Waals surface area contributed by atoms with Gasteiger partial charge in [-0.1, -0.05) is 6.08 Å². The van der Waals surface area contributed by atoms with Crippen molar-refractivity contribution >= 4 is 43.2 Å². The van der Waals surface area contributed by atoms with Crippen molar-refractivity contribution < 1.29 is 5.11 Å². The van der Waals surface area contributed by atoms with Crippen molar-refractivity contribution in [1.29, 1.82) is 0 Å². The molecule has 1 N–H and O–H groups in total. The van der Waals surface area contributed by atoms with Gasteiger partial charge in [0.15, 0.2) is 0 Å². The molecule has 0 saturated carbocycles. The summed E-state index contributed by atoms with van der Waals surface area (Å²) in [5.74, 6) is 0. The number of aliphatic hydroxyl groups is 1. The lowest BCUT2D eigenvalue weighted by molar-refractivity contribution is 0.185. The highest BCUT2D eigenvalue weighted by atomic mass is 79.9. The summed E-state index contributed by atoms with van der Waals surface area (Å²) in [5.41, 5.74) is 0. The van der Waals surface area contributed by atoms with E-state index in [1.807, 2.05) is 6.07 Å². The Bertz CT molecular complexity index is 263. The van der Waals surface area contributed by atoms with Gasteiger partial charge in [-0.25, -0.2) is 0 Å². The minimum absolute atomic E-state index is 0.421. The molecule has 0 fully saturated rings. The van der Waals surface area contributed by atoms with Crippen LogP contribution in [-0.4, -0.2) is 5.11 Å². The fourth-order valence-electron chi connectivity index (χ4n) is 0.802. The molecule has 0 aliphatic heterocycles. The first-order valence-corrected chi connectivity index (χ1v) is 5.79. The first-order valence-electron chi connectivity index (χ1n) is 3.39. The average molecular weight is 312 g/mol. The number of halogens is 2. The lowest BCUT2D eigenvalue weighted by atomic mass is 10.2. The van der Waals surface area contributed by atoms with E-state index in [4.69, 9.17) is 0 Å². The molecule has 66 valence electrons. The third-order valence-electron chi connectivity index (χ3n) is 1.38. The zero-order valence-corrected chi connectivity index (χ0v) is 10.2. The van der Waals surface area contributed by atoms with E-state index < -0.39 is 6.10 Å². The van der Waals surface area contributed by atoms with Crippen LogP contribution in [0.2, 0.25) is 0 Å². The third-order valence-corrected chi connectivity index (χ3v) is 4.74. The topological polar surface area (TPSA) is 20.2 Å². The van der Waals surface area contributed by atoms with Crippen LogP contribution in [0.15, 0.2) is 27.0 Å². The first-order chi connectivity index (χ1) is 5.65. The van der Waals surface area contributed by atoms with E-state index in [9.17, 15) is 5.11 Å². The molecular weight excluding hydrogens is 304 g/mol. The first kappa shape index (κ1) is 10.4. The van der Waals surface area contributed by atoms with Gasteiger partial charge in [-0.15, -0.1) is 17.9 Å². The van der Waals surface area contributed by atoms with Gasteiger partial charge in [0.2, 0.25) is 0 Å². The van der Waals surface area contributed by atoms with Crippen LogP contribution >= 0.6 is 43.2 Å².